The van der Waals surface area contributed by atoms with Gasteiger partial charge in [0.2, 0.25) is 5.91 Å². The van der Waals surface area contributed by atoms with Gasteiger partial charge in [-0.1, -0.05) is 30.7 Å². The molecule has 0 bridgehead atoms. The molecule has 1 heterocycles. The quantitative estimate of drug-likeness (QED) is 0.771. The van der Waals surface area contributed by atoms with Gasteiger partial charge in [-0.25, -0.2) is 0 Å². The van der Waals surface area contributed by atoms with E-state index in [0.717, 1.165) is 36.9 Å². The van der Waals surface area contributed by atoms with Crippen LogP contribution in [0.5, 0.6) is 0 Å². The third-order valence-electron chi connectivity index (χ3n) is 4.13. The normalized spacial score (nSPS) is 28.4. The van der Waals surface area contributed by atoms with E-state index in [-0.39, 0.29) is 30.4 Å². The number of nitrogens with one attached hydrogen (secondary N) is 2. The minimum Gasteiger partial charge on any atom is -0.390 e. The van der Waals surface area contributed by atoms with Gasteiger partial charge in [0.25, 0.3) is 0 Å². The van der Waals surface area contributed by atoms with Gasteiger partial charge in [0, 0.05) is 6.42 Å². The van der Waals surface area contributed by atoms with Gasteiger partial charge in [0.15, 0.2) is 0 Å². The van der Waals surface area contributed by atoms with Gasteiger partial charge in [-0.3, -0.25) is 4.79 Å². The smallest absolute Gasteiger partial charge is 0.237 e. The molecular formula is C15H21ClN2O2. The summed E-state index contributed by atoms with van der Waals surface area (Å²) in [5.74, 6) is 0.0143. The summed E-state index contributed by atoms with van der Waals surface area (Å²) in [6, 6.07) is 7.57. The molecule has 1 aliphatic heterocycles. The van der Waals surface area contributed by atoms with Crippen molar-refractivity contribution in [3.63, 3.8) is 0 Å². The lowest BCUT2D eigenvalue weighted by Crippen LogP contribution is -2.48. The van der Waals surface area contributed by atoms with Gasteiger partial charge in [0.1, 0.15) is 0 Å². The van der Waals surface area contributed by atoms with Crippen molar-refractivity contribution in [2.45, 2.75) is 43.9 Å². The van der Waals surface area contributed by atoms with E-state index in [1.54, 1.807) is 0 Å². The highest BCUT2D eigenvalue weighted by atomic mass is 35.5. The summed E-state index contributed by atoms with van der Waals surface area (Å²) in [5.41, 5.74) is 2.19. The molecule has 4 nitrogen and oxygen atoms in total. The average molecular weight is 297 g/mol. The fourth-order valence-electron chi connectivity index (χ4n) is 3.08. The summed E-state index contributed by atoms with van der Waals surface area (Å²) >= 11 is 0. The number of aliphatic hydroxyl groups excluding tert-OH is 1. The molecule has 1 amide bonds. The van der Waals surface area contributed by atoms with Crippen molar-refractivity contribution in [2.24, 2.45) is 0 Å². The highest BCUT2D eigenvalue weighted by Crippen LogP contribution is 2.31. The second kappa shape index (κ2) is 6.57. The van der Waals surface area contributed by atoms with Crippen LogP contribution in [-0.4, -0.2) is 29.7 Å². The van der Waals surface area contributed by atoms with Crippen LogP contribution in [0.4, 0.5) is 0 Å². The van der Waals surface area contributed by atoms with Crippen molar-refractivity contribution in [2.75, 3.05) is 6.54 Å². The number of halogens is 1. The third-order valence-corrected chi connectivity index (χ3v) is 4.13. The second-order valence-electron chi connectivity index (χ2n) is 5.46. The number of benzene rings is 1. The molecule has 3 rings (SSSR count). The Bertz CT molecular complexity index is 475. The summed E-state index contributed by atoms with van der Waals surface area (Å²) in [6.07, 6.45) is 3.23. The molecule has 0 spiro atoms. The van der Waals surface area contributed by atoms with Gasteiger partial charge in [-0.05, 0) is 30.5 Å². The molecule has 1 unspecified atom stereocenters. The van der Waals surface area contributed by atoms with Gasteiger partial charge < -0.3 is 15.7 Å². The summed E-state index contributed by atoms with van der Waals surface area (Å²) in [5, 5.41) is 16.4. The van der Waals surface area contributed by atoms with E-state index in [1.165, 1.54) is 0 Å². The summed E-state index contributed by atoms with van der Waals surface area (Å²) in [7, 11) is 0. The lowest BCUT2D eigenvalue weighted by Gasteiger charge is -2.26. The molecule has 3 N–H and O–H groups in total. The Morgan fingerprint density at radius 1 is 1.30 bits per heavy atom. The van der Waals surface area contributed by atoms with E-state index in [4.69, 9.17) is 0 Å². The Kier molecular flexibility index (Phi) is 5.02. The molecule has 1 saturated heterocycles. The molecule has 0 radical (unpaired) electrons. The van der Waals surface area contributed by atoms with Crippen molar-refractivity contribution < 1.29 is 9.90 Å². The summed E-state index contributed by atoms with van der Waals surface area (Å²) in [6.45, 7) is 0.905. The lowest BCUT2D eigenvalue weighted by molar-refractivity contribution is -0.125. The molecule has 0 aromatic heterocycles. The van der Waals surface area contributed by atoms with Crippen LogP contribution in [0.25, 0.3) is 0 Å². The molecule has 2 aliphatic rings. The summed E-state index contributed by atoms with van der Waals surface area (Å²) in [4.78, 5) is 12.2. The van der Waals surface area contributed by atoms with Crippen LogP contribution in [0.3, 0.4) is 0 Å². The molecule has 20 heavy (non-hydrogen) atoms. The lowest BCUT2D eigenvalue weighted by atomic mass is 10.0. The predicted octanol–water partition coefficient (Wildman–Crippen LogP) is 1.32. The SMILES string of the molecule is Cl.O=C(N[C@@H]1c2ccccc2C[C@@H]1O)C1CCCCN1. The van der Waals surface area contributed by atoms with Crippen molar-refractivity contribution in [3.05, 3.63) is 35.4 Å². The van der Waals surface area contributed by atoms with Crippen LogP contribution in [0, 0.1) is 0 Å². The number of aliphatic hydroxyl groups is 1. The first-order valence-electron chi connectivity index (χ1n) is 7.05. The number of piperidine rings is 1. The molecule has 1 aromatic carbocycles. The van der Waals surface area contributed by atoms with Crippen molar-refractivity contribution in [1.29, 1.82) is 0 Å². The van der Waals surface area contributed by atoms with Crippen molar-refractivity contribution in [3.8, 4) is 0 Å². The van der Waals surface area contributed by atoms with E-state index in [9.17, 15) is 9.90 Å². The molecule has 1 aromatic rings. The summed E-state index contributed by atoms with van der Waals surface area (Å²) < 4.78 is 0. The predicted molar refractivity (Wildman–Crippen MR) is 79.9 cm³/mol. The van der Waals surface area contributed by atoms with Crippen LogP contribution >= 0.6 is 12.4 Å². The fourth-order valence-corrected chi connectivity index (χ4v) is 3.08. The monoisotopic (exact) mass is 296 g/mol. The maximum absolute atomic E-state index is 12.2. The first-order chi connectivity index (χ1) is 9.25. The number of hydrogen-bond acceptors (Lipinski definition) is 3. The van der Waals surface area contributed by atoms with Crippen molar-refractivity contribution >= 4 is 18.3 Å². The zero-order valence-electron chi connectivity index (χ0n) is 11.3. The molecule has 0 saturated carbocycles. The molecule has 3 atom stereocenters. The highest BCUT2D eigenvalue weighted by molar-refractivity contribution is 5.85. The van der Waals surface area contributed by atoms with E-state index < -0.39 is 6.10 Å². The number of hydrogen-bond donors (Lipinski definition) is 3. The Balaban J connectivity index is 0.00000147. The Labute approximate surface area is 125 Å². The largest absolute Gasteiger partial charge is 0.390 e. The number of carbonyl (C=O) groups excluding carboxylic acids is 1. The molecule has 1 aliphatic carbocycles. The minimum absolute atomic E-state index is 0. The molecule has 110 valence electrons. The molecular weight excluding hydrogens is 276 g/mol. The van der Waals surface area contributed by atoms with Gasteiger partial charge in [-0.15, -0.1) is 12.4 Å². The van der Waals surface area contributed by atoms with Crippen LogP contribution in [0.2, 0.25) is 0 Å². The highest BCUT2D eigenvalue weighted by Gasteiger charge is 2.33. The van der Waals surface area contributed by atoms with Crippen LogP contribution in [0.1, 0.15) is 36.4 Å². The standard InChI is InChI=1S/C15H20N2O2.ClH/c18-13-9-10-5-1-2-6-11(10)14(13)17-15(19)12-7-3-4-8-16-12;/h1-2,5-6,12-14,16,18H,3-4,7-9H2,(H,17,19);1H/t12?,13-,14+;/m0./s1. The number of amides is 1. The zero-order chi connectivity index (χ0) is 13.2. The van der Waals surface area contributed by atoms with Crippen LogP contribution in [-0.2, 0) is 11.2 Å². The van der Waals surface area contributed by atoms with E-state index >= 15 is 0 Å². The third kappa shape index (κ3) is 2.97. The van der Waals surface area contributed by atoms with Crippen molar-refractivity contribution in [1.82, 2.24) is 10.6 Å². The zero-order valence-corrected chi connectivity index (χ0v) is 12.2. The fraction of sp³-hybridized carbons (Fsp3) is 0.533. The van der Waals surface area contributed by atoms with Crippen LogP contribution < -0.4 is 10.6 Å². The van der Waals surface area contributed by atoms with Crippen LogP contribution in [0.15, 0.2) is 24.3 Å². The maximum Gasteiger partial charge on any atom is 0.237 e. The first-order valence-corrected chi connectivity index (χ1v) is 7.05. The maximum atomic E-state index is 12.2. The van der Waals surface area contributed by atoms with E-state index in [1.807, 2.05) is 24.3 Å². The molecule has 5 heteroatoms. The number of carbonyl (C=O) groups is 1. The Morgan fingerprint density at radius 3 is 2.85 bits per heavy atom. The van der Waals surface area contributed by atoms with Gasteiger partial charge >= 0.3 is 0 Å². The van der Waals surface area contributed by atoms with Gasteiger partial charge in [-0.2, -0.15) is 0 Å². The topological polar surface area (TPSA) is 61.4 Å². The van der Waals surface area contributed by atoms with Gasteiger partial charge in [0.05, 0.1) is 18.2 Å². The number of fused-ring (bicyclic) bond motifs is 1. The number of rotatable bonds is 2. The Morgan fingerprint density at radius 2 is 2.10 bits per heavy atom. The van der Waals surface area contributed by atoms with E-state index in [0.29, 0.717) is 6.42 Å². The second-order valence-corrected chi connectivity index (χ2v) is 5.46. The van der Waals surface area contributed by atoms with E-state index in [2.05, 4.69) is 10.6 Å². The first kappa shape index (κ1) is 15.3. The average Bonchev–Trinajstić information content (AvgIpc) is 2.76. The molecule has 1 fully saturated rings. The Hall–Kier alpha value is -1.10. The minimum atomic E-state index is -0.509.